The number of halogens is 1. The van der Waals surface area contributed by atoms with E-state index in [1.54, 1.807) is 17.1 Å². The molecule has 40 heavy (non-hydrogen) atoms. The van der Waals surface area contributed by atoms with Crippen molar-refractivity contribution in [3.8, 4) is 0 Å². The Morgan fingerprint density at radius 3 is 2.50 bits per heavy atom. The molecule has 2 unspecified atom stereocenters. The van der Waals surface area contributed by atoms with Gasteiger partial charge >= 0.3 is 6.09 Å². The number of hydrogen-bond acceptors (Lipinski definition) is 6. The van der Waals surface area contributed by atoms with Crippen molar-refractivity contribution in [3.63, 3.8) is 0 Å². The van der Waals surface area contributed by atoms with Gasteiger partial charge in [-0.05, 0) is 53.9 Å². The molecular weight excluding hydrogens is 533 g/mol. The number of aliphatic hydroxyl groups is 1. The maximum atomic E-state index is 13.3. The second kappa shape index (κ2) is 16.5. The minimum atomic E-state index is -0.669. The average Bonchev–Trinajstić information content (AvgIpc) is 3.64. The quantitative estimate of drug-likeness (QED) is 0.232. The number of hydrogen-bond donors (Lipinski definition) is 4. The maximum absolute atomic E-state index is 13.3. The van der Waals surface area contributed by atoms with Gasteiger partial charge in [-0.25, -0.2) is 15.3 Å². The minimum Gasteiger partial charge on any atom is -0.453 e. The lowest BCUT2D eigenvalue weighted by Gasteiger charge is -2.30. The molecule has 1 aromatic rings. The number of nitrogens with one attached hydrogen (secondary N) is 3. The fourth-order valence-electron chi connectivity index (χ4n) is 4.46. The number of aromatic amines is 1. The first-order valence-corrected chi connectivity index (χ1v) is 12.8. The van der Waals surface area contributed by atoms with Crippen molar-refractivity contribution >= 4 is 31.1 Å². The van der Waals surface area contributed by atoms with Crippen molar-refractivity contribution in [1.29, 1.82) is 0 Å². The predicted octanol–water partition coefficient (Wildman–Crippen LogP) is 4.94. The zero-order valence-corrected chi connectivity index (χ0v) is 24.7. The number of alkyl carbamates (subject to hydrolysis) is 1. The number of methoxy groups -OCH3 is 1. The molecule has 0 bridgehead atoms. The minimum absolute atomic E-state index is 0. The van der Waals surface area contributed by atoms with Crippen LogP contribution < -0.4 is 10.9 Å². The van der Waals surface area contributed by atoms with Crippen LogP contribution in [-0.2, 0) is 9.53 Å². The van der Waals surface area contributed by atoms with Gasteiger partial charge in [0.2, 0.25) is 5.91 Å². The Balaban J connectivity index is 0.00000261. The number of likely N-dealkylation sites (tertiary alicyclic amines) is 1. The van der Waals surface area contributed by atoms with Crippen LogP contribution in [0.5, 0.6) is 0 Å². The monoisotopic (exact) mass is 575 g/mol. The van der Waals surface area contributed by atoms with Gasteiger partial charge in [0.05, 0.1) is 30.7 Å². The summed E-state index contributed by atoms with van der Waals surface area (Å²) < 4.78 is 17.2. The van der Waals surface area contributed by atoms with Gasteiger partial charge in [0.1, 0.15) is 11.9 Å². The van der Waals surface area contributed by atoms with Crippen molar-refractivity contribution in [2.45, 2.75) is 51.6 Å². The number of nitrogens with zero attached hydrogens (tertiary/aromatic N) is 2. The Kier molecular flexibility index (Phi) is 14.2. The molecule has 2 amide bonds. The second-order valence-corrected chi connectivity index (χ2v) is 9.57. The van der Waals surface area contributed by atoms with Gasteiger partial charge in [-0.2, -0.15) is 13.5 Å². The maximum Gasteiger partial charge on any atom is 0.407 e. The molecule has 0 radical (unpaired) electrons. The van der Waals surface area contributed by atoms with E-state index in [0.29, 0.717) is 12.1 Å². The van der Waals surface area contributed by atoms with Gasteiger partial charge < -0.3 is 25.0 Å². The lowest BCUT2D eigenvalue weighted by atomic mass is 9.92. The highest BCUT2D eigenvalue weighted by Gasteiger charge is 2.37. The fourth-order valence-corrected chi connectivity index (χ4v) is 4.46. The van der Waals surface area contributed by atoms with Crippen LogP contribution in [0.1, 0.15) is 57.1 Å². The van der Waals surface area contributed by atoms with Gasteiger partial charge in [0, 0.05) is 13.7 Å². The molecule has 1 aliphatic carbocycles. The van der Waals surface area contributed by atoms with Crippen LogP contribution >= 0.6 is 13.5 Å². The van der Waals surface area contributed by atoms with Gasteiger partial charge in [-0.1, -0.05) is 57.9 Å². The Morgan fingerprint density at radius 1 is 1.23 bits per heavy atom. The zero-order chi connectivity index (χ0) is 29.1. The van der Waals surface area contributed by atoms with E-state index in [1.807, 2.05) is 32.2 Å². The van der Waals surface area contributed by atoms with Crippen LogP contribution in [0, 0.1) is 5.92 Å². The number of H-pyrrole nitrogens is 1. The molecule has 0 spiro atoms. The Hall–Kier alpha value is -3.57. The molecule has 9 nitrogen and oxygen atoms in total. The number of aliphatic hydroxyl groups excluding tert-OH is 1. The molecule has 2 aliphatic rings. The number of carbonyl (C=O) groups is 2. The normalized spacial score (nSPS) is 17.1. The highest BCUT2D eigenvalue weighted by Crippen LogP contribution is 2.34. The highest BCUT2D eigenvalue weighted by atomic mass is 32.1. The summed E-state index contributed by atoms with van der Waals surface area (Å²) in [4.78, 5) is 34.9. The second-order valence-electron chi connectivity index (χ2n) is 9.57. The molecule has 2 heterocycles. The number of aromatic nitrogens is 2. The lowest BCUT2D eigenvalue weighted by molar-refractivity contribution is -0.135. The smallest absolute Gasteiger partial charge is 0.407 e. The number of amides is 2. The van der Waals surface area contributed by atoms with Gasteiger partial charge in [-0.15, -0.1) is 4.48 Å². The summed E-state index contributed by atoms with van der Waals surface area (Å²) in [5.41, 5.74) is 5.98. The first-order valence-electron chi connectivity index (χ1n) is 12.8. The molecule has 0 saturated carbocycles. The number of allylic oxidation sites excluding steroid dienone is 7. The van der Waals surface area contributed by atoms with Crippen molar-refractivity contribution in [2.24, 2.45) is 5.92 Å². The lowest BCUT2D eigenvalue weighted by Crippen LogP contribution is -2.51. The molecule has 4 N–H and O–H groups in total. The van der Waals surface area contributed by atoms with Crippen LogP contribution in [0.3, 0.4) is 0 Å². The third-order valence-corrected chi connectivity index (χ3v) is 6.73. The Labute approximate surface area is 243 Å². The Bertz CT molecular complexity index is 1170. The summed E-state index contributed by atoms with van der Waals surface area (Å²) in [6.07, 6.45) is 12.0. The SMILES string of the molecule is C=C(/C=C\C(=C)C1=CC=C(c2cnc(C3CCCN3C(=O)C(NC(=O)OC)C(C)C)[nH]2)CC1)C(=C)NF.CO.S. The van der Waals surface area contributed by atoms with Crippen LogP contribution in [0.25, 0.3) is 5.57 Å². The van der Waals surface area contributed by atoms with Crippen LogP contribution in [0.4, 0.5) is 9.28 Å². The molecule has 0 aromatic carbocycles. The van der Waals surface area contributed by atoms with E-state index in [2.05, 4.69) is 35.0 Å². The molecule has 1 saturated heterocycles. The number of carbonyl (C=O) groups excluding carboxylic acids is 2. The van der Waals surface area contributed by atoms with Crippen molar-refractivity contribution < 1.29 is 23.9 Å². The number of ether oxygens (including phenoxy) is 1. The van der Waals surface area contributed by atoms with E-state index in [4.69, 9.17) is 9.84 Å². The van der Waals surface area contributed by atoms with Gasteiger partial charge in [0.25, 0.3) is 0 Å². The summed E-state index contributed by atoms with van der Waals surface area (Å²) in [6.45, 7) is 15.8. The van der Waals surface area contributed by atoms with E-state index in [9.17, 15) is 14.1 Å². The standard InChI is InChI=1S/C28H36FN5O3.CH4O.H2S/c1-17(2)25(32-28(36)37-6)27(35)34-15-7-8-24(34)26-30-16-23(31-26)22-13-11-21(12-14-22)19(4)10-9-18(3)20(5)33-29;1-2;/h9-11,13,16-17,24-25,33H,3-5,7-8,12,14-15H2,1-2,6H3,(H,30,31)(H,32,36);2H,1H3;1H2/b10-9-;;. The van der Waals surface area contributed by atoms with Crippen molar-refractivity contribution in [2.75, 3.05) is 20.8 Å². The van der Waals surface area contributed by atoms with Crippen LogP contribution in [-0.4, -0.2) is 58.8 Å². The van der Waals surface area contributed by atoms with Gasteiger partial charge in [-0.3, -0.25) is 4.79 Å². The van der Waals surface area contributed by atoms with E-state index >= 15 is 0 Å². The van der Waals surface area contributed by atoms with Gasteiger partial charge in [0.15, 0.2) is 0 Å². The topological polar surface area (TPSA) is 120 Å². The number of imidazole rings is 1. The predicted molar refractivity (Wildman–Crippen MR) is 161 cm³/mol. The highest BCUT2D eigenvalue weighted by molar-refractivity contribution is 7.59. The van der Waals surface area contributed by atoms with E-state index < -0.39 is 12.1 Å². The molecule has 2 atom stereocenters. The molecule has 3 rings (SSSR count). The van der Waals surface area contributed by atoms with Crippen molar-refractivity contribution in [3.05, 3.63) is 84.2 Å². The summed E-state index contributed by atoms with van der Waals surface area (Å²) in [7, 11) is 2.28. The molecule has 220 valence electrons. The Morgan fingerprint density at radius 2 is 1.93 bits per heavy atom. The average molecular weight is 576 g/mol. The summed E-state index contributed by atoms with van der Waals surface area (Å²) >= 11 is 0. The third-order valence-electron chi connectivity index (χ3n) is 6.73. The zero-order valence-electron chi connectivity index (χ0n) is 23.7. The molecule has 1 aliphatic heterocycles. The van der Waals surface area contributed by atoms with E-state index in [1.165, 1.54) is 12.6 Å². The fraction of sp³-hybridized carbons (Fsp3) is 0.414. The summed E-state index contributed by atoms with van der Waals surface area (Å²) in [5.74, 6) is 0.519. The van der Waals surface area contributed by atoms with Crippen molar-refractivity contribution in [1.82, 2.24) is 25.7 Å². The molecular formula is C29H42FN5O4S. The van der Waals surface area contributed by atoms with E-state index in [-0.39, 0.29) is 37.1 Å². The third kappa shape index (κ3) is 8.72. The van der Waals surface area contributed by atoms with Crippen LogP contribution in [0.2, 0.25) is 0 Å². The van der Waals surface area contributed by atoms with E-state index in [0.717, 1.165) is 61.0 Å². The summed E-state index contributed by atoms with van der Waals surface area (Å²) in [5, 5.41) is 9.67. The van der Waals surface area contributed by atoms with Crippen LogP contribution in [0.15, 0.2) is 72.7 Å². The largest absolute Gasteiger partial charge is 0.453 e. The molecule has 1 fully saturated rings. The first kappa shape index (κ1) is 34.5. The number of rotatable bonds is 10. The molecule has 11 heteroatoms. The molecule has 1 aromatic heterocycles. The first-order chi connectivity index (χ1) is 18.7. The summed E-state index contributed by atoms with van der Waals surface area (Å²) in [6, 6.07) is -0.846.